The normalized spacial score (nSPS) is 25.5. The summed E-state index contributed by atoms with van der Waals surface area (Å²) in [5.41, 5.74) is 0.691. The van der Waals surface area contributed by atoms with Crippen molar-refractivity contribution in [1.82, 2.24) is 14.5 Å². The number of amides is 2. The fourth-order valence-corrected chi connectivity index (χ4v) is 2.84. The minimum Gasteiger partial charge on any atom is -0.374 e. The van der Waals surface area contributed by atoms with Gasteiger partial charge in [-0.05, 0) is 12.8 Å². The van der Waals surface area contributed by atoms with Gasteiger partial charge in [-0.3, -0.25) is 14.5 Å². The van der Waals surface area contributed by atoms with E-state index in [0.717, 1.165) is 24.4 Å². The summed E-state index contributed by atoms with van der Waals surface area (Å²) in [4.78, 5) is 25.0. The van der Waals surface area contributed by atoms with Crippen LogP contribution in [0.4, 0.5) is 5.00 Å². The number of carbonyl (C=O) groups excluding carboxylic acids is 2. The summed E-state index contributed by atoms with van der Waals surface area (Å²) < 4.78 is 3.88. The first-order chi connectivity index (χ1) is 8.72. The number of fused-ring (bicyclic) bond motifs is 1. The molecule has 1 N–H and O–H groups in total. The highest BCUT2D eigenvalue weighted by Crippen LogP contribution is 2.47. The third-order valence-electron chi connectivity index (χ3n) is 3.36. The molecule has 96 valence electrons. The molecular weight excluding hydrogens is 252 g/mol. The Balaban J connectivity index is 1.71. The summed E-state index contributed by atoms with van der Waals surface area (Å²) in [5.74, 6) is -0.175. The molecule has 1 saturated carbocycles. The van der Waals surface area contributed by atoms with Gasteiger partial charge >= 0.3 is 0 Å². The summed E-state index contributed by atoms with van der Waals surface area (Å²) in [7, 11) is 0. The van der Waals surface area contributed by atoms with Gasteiger partial charge < -0.3 is 5.32 Å². The molecule has 0 aromatic carbocycles. The number of rotatable bonds is 5. The van der Waals surface area contributed by atoms with Crippen LogP contribution >= 0.6 is 11.5 Å². The molecule has 1 aromatic heterocycles. The fraction of sp³-hybridized carbons (Fsp3) is 0.636. The van der Waals surface area contributed by atoms with Crippen LogP contribution in [0.2, 0.25) is 0 Å². The molecule has 2 atom stereocenters. The van der Waals surface area contributed by atoms with Crippen molar-refractivity contribution >= 4 is 28.3 Å². The fourth-order valence-electron chi connectivity index (χ4n) is 2.24. The van der Waals surface area contributed by atoms with E-state index in [-0.39, 0.29) is 30.2 Å². The maximum Gasteiger partial charge on any atom is 0.233 e. The van der Waals surface area contributed by atoms with Crippen molar-refractivity contribution in [3.8, 4) is 0 Å². The number of imide groups is 1. The number of hydrogen-bond acceptors (Lipinski definition) is 6. The Kier molecular flexibility index (Phi) is 2.77. The summed E-state index contributed by atoms with van der Waals surface area (Å²) in [6, 6.07) is 0. The predicted octanol–water partition coefficient (Wildman–Crippen LogP) is 0.865. The van der Waals surface area contributed by atoms with Crippen molar-refractivity contribution in [2.75, 3.05) is 11.9 Å². The molecule has 3 rings (SSSR count). The molecule has 2 amide bonds. The van der Waals surface area contributed by atoms with Crippen LogP contribution in [-0.4, -0.2) is 32.8 Å². The zero-order valence-electron chi connectivity index (χ0n) is 10.0. The van der Waals surface area contributed by atoms with Crippen molar-refractivity contribution in [2.45, 2.75) is 26.3 Å². The van der Waals surface area contributed by atoms with Gasteiger partial charge in [-0.25, -0.2) is 0 Å². The van der Waals surface area contributed by atoms with Crippen molar-refractivity contribution in [3.05, 3.63) is 5.69 Å². The SMILES string of the molecule is CCCNc1snnc1CN1C(=O)C2CC2C1=O. The van der Waals surface area contributed by atoms with Gasteiger partial charge in [-0.1, -0.05) is 11.4 Å². The van der Waals surface area contributed by atoms with Gasteiger partial charge in [0, 0.05) is 18.1 Å². The van der Waals surface area contributed by atoms with E-state index in [9.17, 15) is 9.59 Å². The lowest BCUT2D eigenvalue weighted by Gasteiger charge is -2.15. The Labute approximate surface area is 109 Å². The van der Waals surface area contributed by atoms with Crippen LogP contribution in [0.1, 0.15) is 25.5 Å². The van der Waals surface area contributed by atoms with Crippen LogP contribution in [-0.2, 0) is 16.1 Å². The summed E-state index contributed by atoms with van der Waals surface area (Å²) in [6.07, 6.45) is 1.74. The van der Waals surface area contributed by atoms with E-state index in [1.165, 1.54) is 16.4 Å². The Morgan fingerprint density at radius 1 is 1.39 bits per heavy atom. The molecule has 1 aromatic rings. The molecule has 7 heteroatoms. The third-order valence-corrected chi connectivity index (χ3v) is 4.08. The number of piperidine rings is 1. The van der Waals surface area contributed by atoms with E-state index in [2.05, 4.69) is 21.8 Å². The van der Waals surface area contributed by atoms with Crippen molar-refractivity contribution < 1.29 is 9.59 Å². The monoisotopic (exact) mass is 266 g/mol. The van der Waals surface area contributed by atoms with Gasteiger partial charge in [0.25, 0.3) is 0 Å². The first-order valence-corrected chi connectivity index (χ1v) is 6.90. The van der Waals surface area contributed by atoms with E-state index in [1.54, 1.807) is 0 Å². The highest BCUT2D eigenvalue weighted by atomic mass is 32.1. The number of nitrogens with zero attached hydrogens (tertiary/aromatic N) is 3. The van der Waals surface area contributed by atoms with Crippen LogP contribution in [0.5, 0.6) is 0 Å². The third kappa shape index (κ3) is 1.78. The number of aromatic nitrogens is 2. The standard InChI is InChI=1S/C11H14N4O2S/c1-2-3-12-9-8(13-14-18-9)5-15-10(16)6-4-7(6)11(15)17/h6-7,12H,2-5H2,1H3. The van der Waals surface area contributed by atoms with E-state index in [4.69, 9.17) is 0 Å². The molecule has 0 radical (unpaired) electrons. The molecular formula is C11H14N4O2S. The molecule has 0 bridgehead atoms. The van der Waals surface area contributed by atoms with Crippen molar-refractivity contribution in [1.29, 1.82) is 0 Å². The summed E-state index contributed by atoms with van der Waals surface area (Å²) in [6.45, 7) is 3.17. The van der Waals surface area contributed by atoms with Gasteiger partial charge in [0.2, 0.25) is 11.8 Å². The number of likely N-dealkylation sites (tertiary alicyclic amines) is 1. The number of anilines is 1. The number of carbonyl (C=O) groups is 2. The van der Waals surface area contributed by atoms with Crippen LogP contribution in [0.15, 0.2) is 0 Å². The zero-order valence-corrected chi connectivity index (χ0v) is 10.9. The molecule has 1 aliphatic carbocycles. The van der Waals surface area contributed by atoms with E-state index >= 15 is 0 Å². The number of nitrogens with one attached hydrogen (secondary N) is 1. The Morgan fingerprint density at radius 2 is 2.11 bits per heavy atom. The topological polar surface area (TPSA) is 75.2 Å². The molecule has 2 fully saturated rings. The predicted molar refractivity (Wildman–Crippen MR) is 65.8 cm³/mol. The minimum atomic E-state index is -0.0452. The lowest BCUT2D eigenvalue weighted by molar-refractivity contribution is -0.142. The first kappa shape index (κ1) is 11.6. The molecule has 6 nitrogen and oxygen atoms in total. The van der Waals surface area contributed by atoms with Crippen LogP contribution in [0.3, 0.4) is 0 Å². The van der Waals surface area contributed by atoms with E-state index in [0.29, 0.717) is 5.69 Å². The van der Waals surface area contributed by atoms with Crippen molar-refractivity contribution in [2.24, 2.45) is 11.8 Å². The molecule has 18 heavy (non-hydrogen) atoms. The lowest BCUT2D eigenvalue weighted by atomic mass is 10.3. The van der Waals surface area contributed by atoms with Crippen LogP contribution in [0, 0.1) is 11.8 Å². The molecule has 1 aliphatic heterocycles. The zero-order chi connectivity index (χ0) is 12.7. The second-order valence-electron chi connectivity index (χ2n) is 4.69. The number of hydrogen-bond donors (Lipinski definition) is 1. The molecule has 0 spiro atoms. The molecule has 1 saturated heterocycles. The second kappa shape index (κ2) is 4.31. The first-order valence-electron chi connectivity index (χ1n) is 6.12. The largest absolute Gasteiger partial charge is 0.374 e. The molecule has 2 aliphatic rings. The Morgan fingerprint density at radius 3 is 2.78 bits per heavy atom. The summed E-state index contributed by atoms with van der Waals surface area (Å²) >= 11 is 1.27. The van der Waals surface area contributed by atoms with Gasteiger partial charge in [0.15, 0.2) is 0 Å². The maximum absolute atomic E-state index is 11.8. The van der Waals surface area contributed by atoms with Gasteiger partial charge in [-0.15, -0.1) is 5.10 Å². The van der Waals surface area contributed by atoms with Gasteiger partial charge in [-0.2, -0.15) is 0 Å². The Bertz CT molecular complexity index is 481. The quantitative estimate of drug-likeness (QED) is 0.800. The highest BCUT2D eigenvalue weighted by molar-refractivity contribution is 7.10. The van der Waals surface area contributed by atoms with Crippen molar-refractivity contribution in [3.63, 3.8) is 0 Å². The van der Waals surface area contributed by atoms with Crippen LogP contribution < -0.4 is 5.32 Å². The van der Waals surface area contributed by atoms with E-state index in [1.807, 2.05) is 0 Å². The highest BCUT2D eigenvalue weighted by Gasteiger charge is 2.58. The maximum atomic E-state index is 11.8. The summed E-state index contributed by atoms with van der Waals surface area (Å²) in [5, 5.41) is 8.07. The average Bonchev–Trinajstić information content (AvgIpc) is 2.99. The second-order valence-corrected chi connectivity index (χ2v) is 5.44. The van der Waals surface area contributed by atoms with Gasteiger partial charge in [0.1, 0.15) is 10.7 Å². The Hall–Kier alpha value is -1.50. The van der Waals surface area contributed by atoms with Gasteiger partial charge in [0.05, 0.1) is 18.4 Å². The molecule has 2 heterocycles. The minimum absolute atomic E-state index is 0.0422. The lowest BCUT2D eigenvalue weighted by Crippen LogP contribution is -2.32. The van der Waals surface area contributed by atoms with E-state index < -0.39 is 0 Å². The smallest absolute Gasteiger partial charge is 0.233 e. The average molecular weight is 266 g/mol. The van der Waals surface area contributed by atoms with Crippen LogP contribution in [0.25, 0.3) is 0 Å². The molecule has 2 unspecified atom stereocenters.